The summed E-state index contributed by atoms with van der Waals surface area (Å²) in [4.78, 5) is 20.3. The molecule has 0 amide bonds. The van der Waals surface area contributed by atoms with Crippen molar-refractivity contribution in [2.75, 3.05) is 0 Å². The molecule has 8 aromatic carbocycles. The number of pyridine rings is 1. The van der Waals surface area contributed by atoms with Gasteiger partial charge in [-0.15, -0.1) is 0 Å². The number of rotatable bonds is 5. The van der Waals surface area contributed by atoms with Crippen molar-refractivity contribution in [3.8, 4) is 56.5 Å². The lowest BCUT2D eigenvalue weighted by molar-refractivity contribution is 0.655. The fourth-order valence-electron chi connectivity index (χ4n) is 8.47. The maximum atomic E-state index is 6.41. The van der Waals surface area contributed by atoms with Gasteiger partial charge in [0.2, 0.25) is 5.71 Å². The van der Waals surface area contributed by atoms with E-state index in [2.05, 4.69) is 103 Å². The van der Waals surface area contributed by atoms with Crippen LogP contribution < -0.4 is 0 Å². The summed E-state index contributed by atoms with van der Waals surface area (Å²) in [5, 5.41) is 8.67. The van der Waals surface area contributed by atoms with Crippen LogP contribution in [0.25, 0.3) is 122 Å². The first-order valence-electron chi connectivity index (χ1n) is 19.3. The van der Waals surface area contributed by atoms with Crippen molar-refractivity contribution < 1.29 is 8.83 Å². The summed E-state index contributed by atoms with van der Waals surface area (Å²) >= 11 is 0. The molecule has 0 saturated heterocycles. The highest BCUT2D eigenvalue weighted by Gasteiger charge is 2.20. The molecule has 12 rings (SSSR count). The van der Waals surface area contributed by atoms with Gasteiger partial charge in [0.1, 0.15) is 16.7 Å². The second-order valence-corrected chi connectivity index (χ2v) is 14.5. The molecule has 0 fully saturated rings. The summed E-state index contributed by atoms with van der Waals surface area (Å²) in [6.07, 6.45) is 0. The summed E-state index contributed by atoms with van der Waals surface area (Å²) in [6, 6.07) is 62.4. The SMILES string of the molecule is c1ccc(-c2nc(-c3ccc(-c4ccc(-c5nc6oc7ccccc7c6c6ccccc56)c5ccccc45)cc3)nc(-c3cccc4c3oc3ccccc34)n2)cc1. The van der Waals surface area contributed by atoms with Gasteiger partial charge in [0, 0.05) is 38.2 Å². The van der Waals surface area contributed by atoms with Crippen LogP contribution in [0, 0.1) is 0 Å². The Morgan fingerprint density at radius 1 is 0.293 bits per heavy atom. The van der Waals surface area contributed by atoms with Crippen molar-refractivity contribution >= 4 is 65.6 Å². The van der Waals surface area contributed by atoms with Gasteiger partial charge in [0.15, 0.2) is 17.5 Å². The molecule has 0 saturated carbocycles. The van der Waals surface area contributed by atoms with E-state index < -0.39 is 0 Å². The Balaban J connectivity index is 0.979. The van der Waals surface area contributed by atoms with E-state index in [4.69, 9.17) is 28.8 Å². The number of hydrogen-bond donors (Lipinski definition) is 0. The van der Waals surface area contributed by atoms with Gasteiger partial charge in [-0.3, -0.25) is 0 Å². The largest absolute Gasteiger partial charge is 0.455 e. The minimum atomic E-state index is 0.557. The molecular formula is C52H30N4O2. The molecule has 0 bridgehead atoms. The number of fused-ring (bicyclic) bond motifs is 9. The molecule has 4 aromatic heterocycles. The first-order chi connectivity index (χ1) is 28.7. The monoisotopic (exact) mass is 742 g/mol. The summed E-state index contributed by atoms with van der Waals surface area (Å²) in [5.74, 6) is 1.74. The number of benzene rings is 8. The minimum absolute atomic E-state index is 0.557. The lowest BCUT2D eigenvalue weighted by atomic mass is 9.91. The van der Waals surface area contributed by atoms with E-state index in [1.807, 2.05) is 78.9 Å². The zero-order chi connectivity index (χ0) is 38.2. The lowest BCUT2D eigenvalue weighted by Crippen LogP contribution is -2.00. The van der Waals surface area contributed by atoms with Crippen molar-refractivity contribution in [1.29, 1.82) is 0 Å². The molecule has 58 heavy (non-hydrogen) atoms. The van der Waals surface area contributed by atoms with Crippen LogP contribution in [0.4, 0.5) is 0 Å². The number of para-hydroxylation sites is 3. The number of hydrogen-bond acceptors (Lipinski definition) is 6. The molecule has 0 N–H and O–H groups in total. The van der Waals surface area contributed by atoms with Gasteiger partial charge < -0.3 is 8.83 Å². The van der Waals surface area contributed by atoms with Crippen molar-refractivity contribution in [3.63, 3.8) is 0 Å². The highest BCUT2D eigenvalue weighted by atomic mass is 16.3. The quantitative estimate of drug-likeness (QED) is 0.175. The second kappa shape index (κ2) is 12.8. The average Bonchev–Trinajstić information content (AvgIpc) is 3.87. The molecule has 4 heterocycles. The van der Waals surface area contributed by atoms with E-state index in [9.17, 15) is 0 Å². The zero-order valence-electron chi connectivity index (χ0n) is 30.9. The van der Waals surface area contributed by atoms with Gasteiger partial charge in [-0.25, -0.2) is 19.9 Å². The standard InChI is InChI=1S/C52H30N4O2/c1-2-13-32(14-3-1)49-54-50(56-51(55-49)43-22-12-21-41-37-17-8-10-23-44(37)57-48(41)43)33-27-25-31(26-28-33)34-29-30-40(36-16-5-4-15-35(34)36)47-39-19-7-6-18-38(39)46-42-20-9-11-24-45(42)58-52(46)53-47/h1-30H. The summed E-state index contributed by atoms with van der Waals surface area (Å²) in [5.41, 5.74) is 9.85. The molecule has 270 valence electrons. The molecule has 0 unspecified atom stereocenters. The van der Waals surface area contributed by atoms with Crippen molar-refractivity contribution in [1.82, 2.24) is 19.9 Å². The number of furan rings is 2. The van der Waals surface area contributed by atoms with Crippen LogP contribution in [0.15, 0.2) is 191 Å². The third kappa shape index (κ3) is 5.05. The van der Waals surface area contributed by atoms with Crippen LogP contribution >= 0.6 is 0 Å². The average molecular weight is 743 g/mol. The summed E-state index contributed by atoms with van der Waals surface area (Å²) in [6.45, 7) is 0. The van der Waals surface area contributed by atoms with E-state index in [0.29, 0.717) is 23.2 Å². The third-order valence-electron chi connectivity index (χ3n) is 11.2. The Hall–Kier alpha value is -7.96. The predicted molar refractivity (Wildman–Crippen MR) is 234 cm³/mol. The number of aromatic nitrogens is 4. The van der Waals surface area contributed by atoms with Crippen LogP contribution in [-0.2, 0) is 0 Å². The smallest absolute Gasteiger partial charge is 0.228 e. The van der Waals surface area contributed by atoms with Crippen LogP contribution in [0.3, 0.4) is 0 Å². The lowest BCUT2D eigenvalue weighted by Gasteiger charge is -2.14. The van der Waals surface area contributed by atoms with E-state index in [1.165, 1.54) is 0 Å². The van der Waals surface area contributed by atoms with Crippen molar-refractivity contribution in [3.05, 3.63) is 182 Å². The Morgan fingerprint density at radius 3 is 1.59 bits per heavy atom. The van der Waals surface area contributed by atoms with Crippen LogP contribution in [0.2, 0.25) is 0 Å². The summed E-state index contributed by atoms with van der Waals surface area (Å²) in [7, 11) is 0. The Bertz CT molecular complexity index is 3570. The summed E-state index contributed by atoms with van der Waals surface area (Å²) < 4.78 is 12.8. The Morgan fingerprint density at radius 2 is 0.828 bits per heavy atom. The topological polar surface area (TPSA) is 77.8 Å². The highest BCUT2D eigenvalue weighted by Crippen LogP contribution is 2.42. The second-order valence-electron chi connectivity index (χ2n) is 14.5. The molecule has 6 nitrogen and oxygen atoms in total. The van der Waals surface area contributed by atoms with Gasteiger partial charge in [0.25, 0.3) is 0 Å². The van der Waals surface area contributed by atoms with E-state index in [1.54, 1.807) is 0 Å². The van der Waals surface area contributed by atoms with Crippen LogP contribution in [0.5, 0.6) is 0 Å². The van der Waals surface area contributed by atoms with E-state index in [-0.39, 0.29) is 0 Å². The minimum Gasteiger partial charge on any atom is -0.455 e. The molecule has 0 spiro atoms. The molecule has 0 atom stereocenters. The van der Waals surface area contributed by atoms with Gasteiger partial charge in [-0.05, 0) is 45.5 Å². The molecular weight excluding hydrogens is 713 g/mol. The fourth-order valence-corrected chi connectivity index (χ4v) is 8.47. The van der Waals surface area contributed by atoms with E-state index >= 15 is 0 Å². The molecule has 12 aromatic rings. The van der Waals surface area contributed by atoms with Crippen molar-refractivity contribution in [2.24, 2.45) is 0 Å². The van der Waals surface area contributed by atoms with Gasteiger partial charge in [0.05, 0.1) is 16.6 Å². The third-order valence-corrected chi connectivity index (χ3v) is 11.2. The molecule has 0 aliphatic carbocycles. The molecule has 6 heteroatoms. The van der Waals surface area contributed by atoms with E-state index in [0.717, 1.165) is 98.9 Å². The zero-order valence-corrected chi connectivity index (χ0v) is 30.9. The first-order valence-corrected chi connectivity index (χ1v) is 19.3. The molecule has 0 aliphatic heterocycles. The van der Waals surface area contributed by atoms with Crippen LogP contribution in [0.1, 0.15) is 0 Å². The molecule has 0 radical (unpaired) electrons. The van der Waals surface area contributed by atoms with Gasteiger partial charge in [-0.1, -0.05) is 164 Å². The maximum Gasteiger partial charge on any atom is 0.228 e. The van der Waals surface area contributed by atoms with Crippen LogP contribution in [-0.4, -0.2) is 19.9 Å². The Labute approximate surface area is 331 Å². The van der Waals surface area contributed by atoms with Crippen molar-refractivity contribution in [2.45, 2.75) is 0 Å². The van der Waals surface area contributed by atoms with Gasteiger partial charge >= 0.3 is 0 Å². The molecule has 0 aliphatic rings. The maximum absolute atomic E-state index is 6.41. The fraction of sp³-hybridized carbons (Fsp3) is 0. The normalized spacial score (nSPS) is 11.8. The first kappa shape index (κ1) is 32.3. The predicted octanol–water partition coefficient (Wildman–Crippen LogP) is 13.7. The highest BCUT2D eigenvalue weighted by molar-refractivity contribution is 6.21. The number of nitrogens with zero attached hydrogens (tertiary/aromatic N) is 4. The van der Waals surface area contributed by atoms with Gasteiger partial charge in [-0.2, -0.15) is 0 Å². The Kier molecular flexibility index (Phi) is 7.13.